The molecule has 134 valence electrons. The molecule has 1 rings (SSSR count). The molecule has 0 aliphatic heterocycles. The number of hydrogen-bond donors (Lipinski definition) is 6. The Hall–Kier alpha value is -1.54. The Morgan fingerprint density at radius 3 is 0.960 bits per heavy atom. The van der Waals surface area contributed by atoms with Crippen molar-refractivity contribution in [3.8, 4) is 0 Å². The fraction of sp³-hybridized carbons (Fsp3) is 0.500. The van der Waals surface area contributed by atoms with E-state index >= 15 is 0 Å². The van der Waals surface area contributed by atoms with E-state index in [-0.39, 0.29) is 52.8 Å². The topological polar surface area (TPSA) is 224 Å². The van der Waals surface area contributed by atoms with Crippen LogP contribution in [0, 0.1) is 16.2 Å². The van der Waals surface area contributed by atoms with Gasteiger partial charge in [0.25, 0.3) is 0 Å². The number of carboxylic acids is 6. The van der Waals surface area contributed by atoms with Crippen LogP contribution in [-0.4, -0.2) is 66.5 Å². The van der Waals surface area contributed by atoms with Crippen molar-refractivity contribution in [2.75, 3.05) is 0 Å². The molecule has 0 aromatic heterocycles. The second-order valence-electron chi connectivity index (χ2n) is 5.25. The molecule has 25 heavy (non-hydrogen) atoms. The Labute approximate surface area is 182 Å². The maximum Gasteiger partial charge on any atom is 1.00 e. The van der Waals surface area contributed by atoms with Gasteiger partial charge >= 0.3 is 87.2 Å². The molecule has 1 saturated carbocycles. The molecular formula is C12H13KO12. The Morgan fingerprint density at radius 1 is 0.560 bits per heavy atom. The monoisotopic (exact) mass is 388 g/mol. The van der Waals surface area contributed by atoms with E-state index in [1.165, 1.54) is 0 Å². The van der Waals surface area contributed by atoms with Crippen LogP contribution in [0.4, 0.5) is 0 Å². The van der Waals surface area contributed by atoms with Crippen LogP contribution in [0.5, 0.6) is 0 Å². The van der Waals surface area contributed by atoms with Gasteiger partial charge in [-0.2, -0.15) is 0 Å². The van der Waals surface area contributed by atoms with E-state index in [0.29, 0.717) is 0 Å². The molecule has 0 spiro atoms. The molecule has 6 N–H and O–H groups in total. The average molecular weight is 388 g/mol. The molecule has 0 saturated heterocycles. The summed E-state index contributed by atoms with van der Waals surface area (Å²) in [6, 6.07) is 0. The smallest absolute Gasteiger partial charge is 1.00 e. The van der Waals surface area contributed by atoms with Crippen LogP contribution in [0.2, 0.25) is 0 Å². The van der Waals surface area contributed by atoms with Crippen molar-refractivity contribution in [2.24, 2.45) is 16.2 Å². The van der Waals surface area contributed by atoms with Crippen molar-refractivity contribution in [1.29, 1.82) is 0 Å². The Bertz CT molecular complexity index is 587. The summed E-state index contributed by atoms with van der Waals surface area (Å²) in [6.07, 6.45) is -2.78. The summed E-state index contributed by atoms with van der Waals surface area (Å²) < 4.78 is 0. The zero-order valence-electron chi connectivity index (χ0n) is 13.8. The van der Waals surface area contributed by atoms with Crippen LogP contribution in [0.25, 0.3) is 0 Å². The number of carbonyl (C=O) groups is 6. The Balaban J connectivity index is 0. The second kappa shape index (κ2) is 7.37. The van der Waals surface area contributed by atoms with Gasteiger partial charge < -0.3 is 32.1 Å². The van der Waals surface area contributed by atoms with Crippen LogP contribution < -0.4 is 51.4 Å². The van der Waals surface area contributed by atoms with Crippen molar-refractivity contribution < 1.29 is 112 Å². The first-order valence-electron chi connectivity index (χ1n) is 6.27. The first-order chi connectivity index (χ1) is 10.9. The molecule has 0 heterocycles. The molecule has 0 bridgehead atoms. The van der Waals surface area contributed by atoms with E-state index in [9.17, 15) is 59.4 Å². The summed E-state index contributed by atoms with van der Waals surface area (Å²) in [5.74, 6) is -15.2. The van der Waals surface area contributed by atoms with E-state index in [0.717, 1.165) is 0 Å². The molecule has 0 aromatic carbocycles. The summed E-state index contributed by atoms with van der Waals surface area (Å²) in [4.78, 5) is 69.8. The maximum absolute atomic E-state index is 11.7. The van der Waals surface area contributed by atoms with E-state index in [1.54, 1.807) is 0 Å². The van der Waals surface area contributed by atoms with Gasteiger partial charge in [0.05, 0.1) is 0 Å². The summed E-state index contributed by atoms with van der Waals surface area (Å²) in [5.41, 5.74) is -11.6. The molecule has 0 atom stereocenters. The molecule has 1 aliphatic carbocycles. The van der Waals surface area contributed by atoms with Gasteiger partial charge in [-0.1, -0.05) is 0 Å². The van der Waals surface area contributed by atoms with Crippen LogP contribution in [0.1, 0.15) is 20.7 Å². The molecule has 13 heteroatoms. The van der Waals surface area contributed by atoms with Gasteiger partial charge in [0.1, 0.15) is 0 Å². The van der Waals surface area contributed by atoms with Gasteiger partial charge in [-0.25, -0.2) is 0 Å². The van der Waals surface area contributed by atoms with Crippen LogP contribution >= 0.6 is 0 Å². The zero-order valence-corrected chi connectivity index (χ0v) is 15.9. The molecule has 0 radical (unpaired) electrons. The molecule has 1 aliphatic rings. The molecule has 12 nitrogen and oxygen atoms in total. The quantitative estimate of drug-likeness (QED) is 0.188. The standard InChI is InChI=1S/C12H12O12.K.H/c13-4(14)10(5(15)16)2-1-3-11(6(17)18,7(19)20)12(10,8(21)22)9(23)24;;/h1-3H2,(H,13,14)(H,15,16)(H,17,18)(H,19,20)(H,21,22)(H,23,24);;/q;+1;-1. The molecule has 0 unspecified atom stereocenters. The summed E-state index contributed by atoms with van der Waals surface area (Å²) in [7, 11) is 0. The minimum absolute atomic E-state index is 0. The largest absolute Gasteiger partial charge is 1.00 e. The third kappa shape index (κ3) is 2.57. The molecule has 1 fully saturated rings. The van der Waals surface area contributed by atoms with Crippen molar-refractivity contribution in [2.45, 2.75) is 19.3 Å². The van der Waals surface area contributed by atoms with Crippen molar-refractivity contribution in [3.05, 3.63) is 0 Å². The average Bonchev–Trinajstić information content (AvgIpc) is 2.43. The summed E-state index contributed by atoms with van der Waals surface area (Å²) >= 11 is 0. The predicted molar refractivity (Wildman–Crippen MR) is 68.1 cm³/mol. The normalized spacial score (nSPS) is 19.7. The molecule has 0 aromatic rings. The Kier molecular flexibility index (Phi) is 6.91. The minimum atomic E-state index is -4.17. The number of hydrogen-bond acceptors (Lipinski definition) is 6. The van der Waals surface area contributed by atoms with Gasteiger partial charge in [-0.15, -0.1) is 0 Å². The first kappa shape index (κ1) is 23.5. The maximum atomic E-state index is 11.7. The van der Waals surface area contributed by atoms with Gasteiger partial charge in [-0.3, -0.25) is 28.8 Å². The van der Waals surface area contributed by atoms with E-state index < -0.39 is 71.3 Å². The molecule has 0 amide bonds. The van der Waals surface area contributed by atoms with E-state index in [1.807, 2.05) is 0 Å². The summed E-state index contributed by atoms with van der Waals surface area (Å²) in [6.45, 7) is 0. The Morgan fingerprint density at radius 2 is 0.800 bits per heavy atom. The third-order valence-electron chi connectivity index (χ3n) is 4.49. The van der Waals surface area contributed by atoms with Gasteiger partial charge in [-0.05, 0) is 19.3 Å². The SMILES string of the molecule is O=C(O)C1(C(=O)O)CCCC(C(=O)O)(C(=O)O)C1(C(=O)O)C(=O)O.[H-].[K+]. The fourth-order valence-corrected chi connectivity index (χ4v) is 3.43. The van der Waals surface area contributed by atoms with E-state index in [4.69, 9.17) is 0 Å². The fourth-order valence-electron chi connectivity index (χ4n) is 3.43. The van der Waals surface area contributed by atoms with Crippen LogP contribution in [0.3, 0.4) is 0 Å². The van der Waals surface area contributed by atoms with Gasteiger partial charge in [0.2, 0.25) is 5.41 Å². The minimum Gasteiger partial charge on any atom is -1.00 e. The number of carboxylic acid groups (broad SMARTS) is 6. The summed E-state index contributed by atoms with van der Waals surface area (Å²) in [5, 5.41) is 56.0. The first-order valence-corrected chi connectivity index (χ1v) is 6.27. The third-order valence-corrected chi connectivity index (χ3v) is 4.49. The van der Waals surface area contributed by atoms with Gasteiger partial charge in [0.15, 0.2) is 10.8 Å². The van der Waals surface area contributed by atoms with Crippen LogP contribution in [0.15, 0.2) is 0 Å². The zero-order chi connectivity index (χ0) is 19.1. The van der Waals surface area contributed by atoms with E-state index in [2.05, 4.69) is 0 Å². The van der Waals surface area contributed by atoms with Crippen molar-refractivity contribution in [3.63, 3.8) is 0 Å². The van der Waals surface area contributed by atoms with Crippen molar-refractivity contribution >= 4 is 35.8 Å². The predicted octanol–water partition coefficient (Wildman–Crippen LogP) is -4.25. The van der Waals surface area contributed by atoms with Gasteiger partial charge in [0, 0.05) is 0 Å². The number of aliphatic carboxylic acids is 6. The van der Waals surface area contributed by atoms with Crippen LogP contribution in [-0.2, 0) is 28.8 Å². The van der Waals surface area contributed by atoms with Crippen molar-refractivity contribution in [1.82, 2.24) is 0 Å². The molecular weight excluding hydrogens is 375 g/mol. The second-order valence-corrected chi connectivity index (χ2v) is 5.25. The number of rotatable bonds is 6.